The average Bonchev–Trinajstić information content (AvgIpc) is 2.52. The highest BCUT2D eigenvalue weighted by Gasteiger charge is 2.31. The van der Waals surface area contributed by atoms with E-state index < -0.39 is 27.5 Å². The first-order valence-corrected chi connectivity index (χ1v) is 9.73. The van der Waals surface area contributed by atoms with Crippen molar-refractivity contribution in [1.82, 2.24) is 4.72 Å². The SMILES string of the molecule is Cl.NCC(NS(=O)(=O)Cc1cccc(C(F)(F)F)c1)C1CCCCC1. The zero-order chi connectivity index (χ0) is 17.8. The molecule has 1 aromatic rings. The van der Waals surface area contributed by atoms with E-state index in [1.807, 2.05) is 0 Å². The van der Waals surface area contributed by atoms with Crippen molar-refractivity contribution in [2.24, 2.45) is 11.7 Å². The molecule has 144 valence electrons. The summed E-state index contributed by atoms with van der Waals surface area (Å²) in [7, 11) is -3.75. The largest absolute Gasteiger partial charge is 0.416 e. The first-order chi connectivity index (χ1) is 11.2. The second-order valence-corrected chi connectivity index (χ2v) is 8.07. The molecule has 0 bridgehead atoms. The molecule has 0 saturated heterocycles. The lowest BCUT2D eigenvalue weighted by Crippen LogP contribution is -2.46. The lowest BCUT2D eigenvalue weighted by atomic mass is 9.84. The van der Waals surface area contributed by atoms with Crippen molar-refractivity contribution in [3.63, 3.8) is 0 Å². The van der Waals surface area contributed by atoms with E-state index in [0.29, 0.717) is 0 Å². The Morgan fingerprint density at radius 3 is 2.40 bits per heavy atom. The van der Waals surface area contributed by atoms with Crippen molar-refractivity contribution >= 4 is 22.4 Å². The van der Waals surface area contributed by atoms with Gasteiger partial charge in [0, 0.05) is 12.6 Å². The minimum absolute atomic E-state index is 0. The molecule has 0 amide bonds. The molecule has 0 radical (unpaired) electrons. The summed E-state index contributed by atoms with van der Waals surface area (Å²) in [5, 5.41) is 0. The Morgan fingerprint density at radius 1 is 1.20 bits per heavy atom. The molecule has 1 saturated carbocycles. The molecule has 4 nitrogen and oxygen atoms in total. The number of benzene rings is 1. The Bertz CT molecular complexity index is 647. The van der Waals surface area contributed by atoms with E-state index in [4.69, 9.17) is 5.73 Å². The number of halogens is 4. The van der Waals surface area contributed by atoms with Crippen LogP contribution in [-0.4, -0.2) is 21.0 Å². The van der Waals surface area contributed by atoms with E-state index in [1.54, 1.807) is 0 Å². The van der Waals surface area contributed by atoms with E-state index in [1.165, 1.54) is 12.1 Å². The standard InChI is InChI=1S/C16H23F3N2O2S.ClH/c17-16(18,19)14-8-4-5-12(9-14)11-24(22,23)21-15(10-20)13-6-2-1-3-7-13;/h4-5,8-9,13,15,21H,1-3,6-7,10-11,20H2;1H. The van der Waals surface area contributed by atoms with Gasteiger partial charge in [0.25, 0.3) is 0 Å². The van der Waals surface area contributed by atoms with Gasteiger partial charge in [-0.05, 0) is 30.4 Å². The predicted molar refractivity (Wildman–Crippen MR) is 93.9 cm³/mol. The number of hydrogen-bond acceptors (Lipinski definition) is 3. The van der Waals surface area contributed by atoms with Crippen LogP contribution >= 0.6 is 12.4 Å². The fraction of sp³-hybridized carbons (Fsp3) is 0.625. The fourth-order valence-electron chi connectivity index (χ4n) is 3.20. The minimum atomic E-state index is -4.49. The molecule has 25 heavy (non-hydrogen) atoms. The molecule has 1 aliphatic rings. The summed E-state index contributed by atoms with van der Waals surface area (Å²) in [5.41, 5.74) is 4.97. The molecule has 0 spiro atoms. The Kier molecular flexibility index (Phi) is 8.18. The maximum absolute atomic E-state index is 12.7. The van der Waals surface area contributed by atoms with Gasteiger partial charge in [0.2, 0.25) is 10.0 Å². The molecule has 1 unspecified atom stereocenters. The molecular weight excluding hydrogens is 377 g/mol. The third kappa shape index (κ3) is 6.77. The number of sulfonamides is 1. The van der Waals surface area contributed by atoms with Crippen LogP contribution in [-0.2, 0) is 22.0 Å². The summed E-state index contributed by atoms with van der Waals surface area (Å²) >= 11 is 0. The first-order valence-electron chi connectivity index (χ1n) is 8.07. The van der Waals surface area contributed by atoms with Crippen molar-refractivity contribution in [1.29, 1.82) is 0 Å². The summed E-state index contributed by atoms with van der Waals surface area (Å²) in [6, 6.07) is 4.04. The average molecular weight is 401 g/mol. The van der Waals surface area contributed by atoms with Gasteiger partial charge in [0.15, 0.2) is 0 Å². The van der Waals surface area contributed by atoms with Gasteiger partial charge in [-0.15, -0.1) is 12.4 Å². The molecule has 1 atom stereocenters. The number of nitrogens with one attached hydrogen (secondary N) is 1. The third-order valence-electron chi connectivity index (χ3n) is 4.41. The molecule has 2 rings (SSSR count). The number of rotatable bonds is 6. The van der Waals surface area contributed by atoms with Gasteiger partial charge >= 0.3 is 6.18 Å². The molecule has 1 aliphatic carbocycles. The zero-order valence-electron chi connectivity index (χ0n) is 13.8. The van der Waals surface area contributed by atoms with E-state index >= 15 is 0 Å². The molecule has 9 heteroatoms. The predicted octanol–water partition coefficient (Wildman–Crippen LogP) is 3.45. The van der Waals surface area contributed by atoms with Crippen LogP contribution in [0.1, 0.15) is 43.2 Å². The van der Waals surface area contributed by atoms with Gasteiger partial charge in [-0.1, -0.05) is 37.5 Å². The van der Waals surface area contributed by atoms with Crippen molar-refractivity contribution in [2.75, 3.05) is 6.54 Å². The fourth-order valence-corrected chi connectivity index (χ4v) is 4.65. The molecular formula is C16H24ClF3N2O2S. The molecule has 3 N–H and O–H groups in total. The Labute approximate surface area is 152 Å². The second kappa shape index (κ2) is 9.21. The molecule has 0 aromatic heterocycles. The van der Waals surface area contributed by atoms with Gasteiger partial charge < -0.3 is 5.73 Å². The lowest BCUT2D eigenvalue weighted by molar-refractivity contribution is -0.137. The number of hydrogen-bond donors (Lipinski definition) is 2. The summed E-state index contributed by atoms with van der Waals surface area (Å²) in [6.45, 7) is 0.187. The molecule has 1 aromatic carbocycles. The van der Waals surface area contributed by atoms with Crippen LogP contribution in [0.2, 0.25) is 0 Å². The van der Waals surface area contributed by atoms with Crippen molar-refractivity contribution in [3.05, 3.63) is 35.4 Å². The zero-order valence-corrected chi connectivity index (χ0v) is 15.4. The highest BCUT2D eigenvalue weighted by Crippen LogP contribution is 2.30. The van der Waals surface area contributed by atoms with Crippen LogP contribution in [0.4, 0.5) is 13.2 Å². The smallest absolute Gasteiger partial charge is 0.329 e. The van der Waals surface area contributed by atoms with Crippen molar-refractivity contribution in [2.45, 2.75) is 50.1 Å². The quantitative estimate of drug-likeness (QED) is 0.768. The van der Waals surface area contributed by atoms with Gasteiger partial charge in [-0.3, -0.25) is 0 Å². The van der Waals surface area contributed by atoms with Crippen LogP contribution in [0.15, 0.2) is 24.3 Å². The van der Waals surface area contributed by atoms with Crippen LogP contribution < -0.4 is 10.5 Å². The maximum atomic E-state index is 12.7. The highest BCUT2D eigenvalue weighted by molar-refractivity contribution is 7.88. The second-order valence-electron chi connectivity index (χ2n) is 6.32. The highest BCUT2D eigenvalue weighted by atomic mass is 35.5. The van der Waals surface area contributed by atoms with E-state index in [-0.39, 0.29) is 36.5 Å². The maximum Gasteiger partial charge on any atom is 0.416 e. The Morgan fingerprint density at radius 2 is 1.84 bits per heavy atom. The summed E-state index contributed by atoms with van der Waals surface area (Å²) in [6.07, 6.45) is 0.606. The third-order valence-corrected chi connectivity index (χ3v) is 5.79. The van der Waals surface area contributed by atoms with Gasteiger partial charge in [0.05, 0.1) is 11.3 Å². The summed E-state index contributed by atoms with van der Waals surface area (Å²) in [5.74, 6) is -0.291. The van der Waals surface area contributed by atoms with Crippen LogP contribution in [0.3, 0.4) is 0 Å². The topological polar surface area (TPSA) is 72.2 Å². The molecule has 1 fully saturated rings. The summed E-state index contributed by atoms with van der Waals surface area (Å²) < 4.78 is 65.4. The number of alkyl halides is 3. The first kappa shape index (κ1) is 22.2. The van der Waals surface area contributed by atoms with E-state index in [0.717, 1.165) is 44.2 Å². The van der Waals surface area contributed by atoms with Crippen LogP contribution in [0, 0.1) is 5.92 Å². The van der Waals surface area contributed by atoms with Gasteiger partial charge in [-0.2, -0.15) is 13.2 Å². The van der Waals surface area contributed by atoms with Crippen LogP contribution in [0.5, 0.6) is 0 Å². The lowest BCUT2D eigenvalue weighted by Gasteiger charge is -2.29. The van der Waals surface area contributed by atoms with E-state index in [9.17, 15) is 21.6 Å². The molecule has 0 aliphatic heterocycles. The van der Waals surface area contributed by atoms with Crippen LogP contribution in [0.25, 0.3) is 0 Å². The monoisotopic (exact) mass is 400 g/mol. The van der Waals surface area contributed by atoms with Crippen molar-refractivity contribution < 1.29 is 21.6 Å². The number of nitrogens with two attached hydrogens (primary N) is 1. The normalized spacial score (nSPS) is 17.8. The van der Waals surface area contributed by atoms with Crippen molar-refractivity contribution in [3.8, 4) is 0 Å². The van der Waals surface area contributed by atoms with E-state index in [2.05, 4.69) is 4.72 Å². The Hall–Kier alpha value is -0.830. The Balaban J connectivity index is 0.00000312. The summed E-state index contributed by atoms with van der Waals surface area (Å²) in [4.78, 5) is 0. The van der Waals surface area contributed by atoms with Gasteiger partial charge in [0.1, 0.15) is 0 Å². The van der Waals surface area contributed by atoms with Gasteiger partial charge in [-0.25, -0.2) is 13.1 Å². The molecule has 0 heterocycles. The minimum Gasteiger partial charge on any atom is -0.329 e.